The predicted molar refractivity (Wildman–Crippen MR) is 170 cm³/mol. The van der Waals surface area contributed by atoms with Gasteiger partial charge in [-0.25, -0.2) is 17.6 Å². The molecule has 3 fully saturated rings. The van der Waals surface area contributed by atoms with Crippen LogP contribution < -0.4 is 9.64 Å². The number of fused-ring (bicyclic) bond motifs is 3. The first kappa shape index (κ1) is 30.7. The molecule has 0 unspecified atom stereocenters. The van der Waals surface area contributed by atoms with Crippen molar-refractivity contribution in [1.29, 1.82) is 0 Å². The van der Waals surface area contributed by atoms with E-state index in [1.807, 2.05) is 11.8 Å². The van der Waals surface area contributed by atoms with Crippen LogP contribution in [0.3, 0.4) is 0 Å². The lowest BCUT2D eigenvalue weighted by Gasteiger charge is -2.40. The first-order valence-electron chi connectivity index (χ1n) is 15.4. The highest BCUT2D eigenvalue weighted by molar-refractivity contribution is 6.37. The average molecular weight is 654 g/mol. The Kier molecular flexibility index (Phi) is 7.79. The van der Waals surface area contributed by atoms with Crippen LogP contribution >= 0.6 is 11.6 Å². The molecule has 1 aromatic heterocycles. The second-order valence-corrected chi connectivity index (χ2v) is 12.9. The second-order valence-electron chi connectivity index (χ2n) is 12.5. The maximum atomic E-state index is 16.1. The minimum atomic E-state index is -1.03. The standard InChI is InChI=1S/C34H32ClF4N5O2/c1-19-16-42(32(45)20(2)36)11-12-44(19)31-25-13-27(39)24(23-6-3-5-21-7-8-26(38)30(35)29(21)23)14-28(25)40-33(41-31)46-18-34-9-4-10-43(34)17-22(37)15-34/h3,5-8,13-14,19,22H,2,4,9-12,15-18H2,1H3/t19-,22+,34-/m0/s1. The quantitative estimate of drug-likeness (QED) is 0.168. The van der Waals surface area contributed by atoms with Crippen LogP contribution in [0.5, 0.6) is 6.01 Å². The van der Waals surface area contributed by atoms with E-state index in [0.29, 0.717) is 46.0 Å². The molecule has 0 spiro atoms. The van der Waals surface area contributed by atoms with Crippen molar-refractivity contribution in [3.63, 3.8) is 0 Å². The number of amides is 1. The molecule has 46 heavy (non-hydrogen) atoms. The summed E-state index contributed by atoms with van der Waals surface area (Å²) in [5.74, 6) is -2.62. The largest absolute Gasteiger partial charge is 0.461 e. The third kappa shape index (κ3) is 5.23. The molecule has 3 aromatic carbocycles. The molecule has 4 heterocycles. The first-order valence-corrected chi connectivity index (χ1v) is 15.7. The number of anilines is 1. The highest BCUT2D eigenvalue weighted by Gasteiger charge is 2.49. The molecule has 1 amide bonds. The Balaban J connectivity index is 1.33. The number of carbonyl (C=O) groups is 1. The number of alkyl halides is 1. The summed E-state index contributed by atoms with van der Waals surface area (Å²) < 4.78 is 65.0. The summed E-state index contributed by atoms with van der Waals surface area (Å²) in [6, 6.07) is 10.7. The molecule has 3 aliphatic heterocycles. The molecule has 240 valence electrons. The first-order chi connectivity index (χ1) is 22.0. The van der Waals surface area contributed by atoms with Gasteiger partial charge in [0.05, 0.1) is 16.1 Å². The number of halogens is 5. The third-order valence-electron chi connectivity index (χ3n) is 9.62. The van der Waals surface area contributed by atoms with Crippen molar-refractivity contribution < 1.29 is 27.1 Å². The topological polar surface area (TPSA) is 61.8 Å². The van der Waals surface area contributed by atoms with Gasteiger partial charge in [-0.15, -0.1) is 0 Å². The number of nitrogens with zero attached hydrogens (tertiary/aromatic N) is 5. The van der Waals surface area contributed by atoms with Gasteiger partial charge in [0.25, 0.3) is 5.91 Å². The number of benzene rings is 3. The molecular formula is C34H32ClF4N5O2. The highest BCUT2D eigenvalue weighted by atomic mass is 35.5. The fourth-order valence-electron chi connectivity index (χ4n) is 7.41. The van der Waals surface area contributed by atoms with Crippen molar-refractivity contribution in [3.8, 4) is 17.1 Å². The minimum absolute atomic E-state index is 0.0495. The molecular weight excluding hydrogens is 622 g/mol. The van der Waals surface area contributed by atoms with Crippen molar-refractivity contribution in [3.05, 3.63) is 71.5 Å². The SMILES string of the molecule is C=C(F)C(=O)N1CCN(c2nc(OC[C@@]34CCCN3C[C@H](F)C4)nc3cc(-c4cccc5ccc(F)c(Cl)c45)c(F)cc23)[C@@H](C)C1. The van der Waals surface area contributed by atoms with Crippen LogP contribution in [0.15, 0.2) is 54.9 Å². The average Bonchev–Trinajstić information content (AvgIpc) is 3.56. The van der Waals surface area contributed by atoms with Gasteiger partial charge < -0.3 is 14.5 Å². The summed E-state index contributed by atoms with van der Waals surface area (Å²) in [5, 5.41) is 1.31. The zero-order valence-corrected chi connectivity index (χ0v) is 26.0. The molecule has 7 rings (SSSR count). The van der Waals surface area contributed by atoms with Crippen LogP contribution in [0.25, 0.3) is 32.8 Å². The minimum Gasteiger partial charge on any atom is -0.461 e. The third-order valence-corrected chi connectivity index (χ3v) is 9.99. The number of hydrogen-bond acceptors (Lipinski definition) is 6. The Hall–Kier alpha value is -3.96. The van der Waals surface area contributed by atoms with Gasteiger partial charge in [0.15, 0.2) is 5.83 Å². The van der Waals surface area contributed by atoms with E-state index in [9.17, 15) is 18.0 Å². The summed E-state index contributed by atoms with van der Waals surface area (Å²) in [4.78, 5) is 27.2. The molecule has 7 nitrogen and oxygen atoms in total. The van der Waals surface area contributed by atoms with Gasteiger partial charge in [-0.2, -0.15) is 9.97 Å². The van der Waals surface area contributed by atoms with Gasteiger partial charge in [-0.05, 0) is 55.5 Å². The van der Waals surface area contributed by atoms with E-state index in [-0.39, 0.29) is 48.9 Å². The maximum Gasteiger partial charge on any atom is 0.319 e. The lowest BCUT2D eigenvalue weighted by atomic mass is 9.95. The van der Waals surface area contributed by atoms with Gasteiger partial charge in [0, 0.05) is 55.0 Å². The van der Waals surface area contributed by atoms with Crippen molar-refractivity contribution in [2.24, 2.45) is 0 Å². The van der Waals surface area contributed by atoms with Gasteiger partial charge in [0.1, 0.15) is 30.2 Å². The predicted octanol–water partition coefficient (Wildman–Crippen LogP) is 6.86. The molecule has 0 radical (unpaired) electrons. The highest BCUT2D eigenvalue weighted by Crippen LogP contribution is 2.42. The smallest absolute Gasteiger partial charge is 0.319 e. The fourth-order valence-corrected chi connectivity index (χ4v) is 7.69. The van der Waals surface area contributed by atoms with Crippen LogP contribution in [-0.2, 0) is 4.79 Å². The summed E-state index contributed by atoms with van der Waals surface area (Å²) in [6.07, 6.45) is 1.19. The van der Waals surface area contributed by atoms with Crippen LogP contribution in [-0.4, -0.2) is 82.8 Å². The summed E-state index contributed by atoms with van der Waals surface area (Å²) in [5.41, 5.74) is 0.502. The Bertz CT molecular complexity index is 1890. The van der Waals surface area contributed by atoms with Crippen LogP contribution in [0.4, 0.5) is 23.4 Å². The number of aromatic nitrogens is 2. The van der Waals surface area contributed by atoms with E-state index in [1.165, 1.54) is 17.0 Å². The van der Waals surface area contributed by atoms with E-state index >= 15 is 4.39 Å². The molecule has 0 saturated carbocycles. The number of piperazine rings is 1. The molecule has 0 aliphatic carbocycles. The number of hydrogen-bond donors (Lipinski definition) is 0. The number of ether oxygens (including phenoxy) is 1. The zero-order valence-electron chi connectivity index (χ0n) is 25.2. The van der Waals surface area contributed by atoms with Gasteiger partial charge in [-0.3, -0.25) is 9.69 Å². The molecule has 4 aromatic rings. The van der Waals surface area contributed by atoms with E-state index in [0.717, 1.165) is 19.4 Å². The van der Waals surface area contributed by atoms with Crippen molar-refractivity contribution in [2.45, 2.75) is 43.9 Å². The van der Waals surface area contributed by atoms with Crippen LogP contribution in [0.2, 0.25) is 5.02 Å². The monoisotopic (exact) mass is 653 g/mol. The van der Waals surface area contributed by atoms with Crippen molar-refractivity contribution >= 4 is 45.0 Å². The molecule has 3 aliphatic rings. The lowest BCUT2D eigenvalue weighted by Crippen LogP contribution is -2.54. The van der Waals surface area contributed by atoms with Crippen molar-refractivity contribution in [1.82, 2.24) is 19.8 Å². The van der Waals surface area contributed by atoms with E-state index in [4.69, 9.17) is 21.3 Å². The van der Waals surface area contributed by atoms with Crippen LogP contribution in [0.1, 0.15) is 26.2 Å². The summed E-state index contributed by atoms with van der Waals surface area (Å²) in [6.45, 7) is 7.04. The van der Waals surface area contributed by atoms with Crippen LogP contribution in [0, 0.1) is 11.6 Å². The Morgan fingerprint density at radius 2 is 1.91 bits per heavy atom. The molecule has 3 saturated heterocycles. The molecule has 12 heteroatoms. The van der Waals surface area contributed by atoms with Crippen molar-refractivity contribution in [2.75, 3.05) is 44.2 Å². The van der Waals surface area contributed by atoms with E-state index in [2.05, 4.69) is 16.5 Å². The second kappa shape index (κ2) is 11.7. The molecule has 3 atom stereocenters. The Morgan fingerprint density at radius 3 is 2.70 bits per heavy atom. The van der Waals surface area contributed by atoms with E-state index in [1.54, 1.807) is 30.3 Å². The maximum absolute atomic E-state index is 16.1. The Morgan fingerprint density at radius 1 is 1.09 bits per heavy atom. The number of rotatable bonds is 6. The molecule has 0 bridgehead atoms. The lowest BCUT2D eigenvalue weighted by molar-refractivity contribution is -0.129. The normalized spacial score (nSPS) is 23.3. The van der Waals surface area contributed by atoms with E-state index < -0.39 is 35.1 Å². The fraction of sp³-hybridized carbons (Fsp3) is 0.382. The molecule has 0 N–H and O–H groups in total. The summed E-state index contributed by atoms with van der Waals surface area (Å²) in [7, 11) is 0. The zero-order chi connectivity index (χ0) is 32.3. The van der Waals surface area contributed by atoms with Gasteiger partial charge in [0.2, 0.25) is 0 Å². The Labute approximate surface area is 268 Å². The number of carbonyl (C=O) groups excluding carboxylic acids is 1. The summed E-state index contributed by atoms with van der Waals surface area (Å²) >= 11 is 6.39. The van der Waals surface area contributed by atoms with Gasteiger partial charge in [-0.1, -0.05) is 42.4 Å². The van der Waals surface area contributed by atoms with Gasteiger partial charge >= 0.3 is 6.01 Å².